The molecular formula is C22H35N5O3S. The van der Waals surface area contributed by atoms with Crippen molar-refractivity contribution < 1.29 is 13.2 Å². The number of carbonyl (C=O) groups is 1. The molecule has 0 spiro atoms. The smallest absolute Gasteiger partial charge is 0.281 e. The van der Waals surface area contributed by atoms with Crippen LogP contribution in [0.15, 0.2) is 24.4 Å². The first-order chi connectivity index (χ1) is 15.0. The zero-order chi connectivity index (χ0) is 21.8. The molecule has 31 heavy (non-hydrogen) atoms. The first-order valence-electron chi connectivity index (χ1n) is 11.6. The van der Waals surface area contributed by atoms with Crippen LogP contribution in [0.5, 0.6) is 0 Å². The summed E-state index contributed by atoms with van der Waals surface area (Å²) in [5, 5.41) is 0. The van der Waals surface area contributed by atoms with Gasteiger partial charge in [-0.25, -0.2) is 4.98 Å². The molecule has 172 valence electrons. The molecule has 8 nitrogen and oxygen atoms in total. The molecule has 0 N–H and O–H groups in total. The van der Waals surface area contributed by atoms with E-state index in [-0.39, 0.29) is 17.9 Å². The number of nitrogens with zero attached hydrogens (tertiary/aromatic N) is 5. The summed E-state index contributed by atoms with van der Waals surface area (Å²) in [6.45, 7) is 3.63. The summed E-state index contributed by atoms with van der Waals surface area (Å²) >= 11 is 0. The van der Waals surface area contributed by atoms with Crippen molar-refractivity contribution in [1.82, 2.24) is 18.5 Å². The molecule has 1 aliphatic carbocycles. The molecule has 3 aliphatic rings. The molecule has 9 heteroatoms. The normalized spacial score (nSPS) is 24.5. The van der Waals surface area contributed by atoms with Crippen LogP contribution in [0.4, 0.5) is 5.82 Å². The predicted octanol–water partition coefficient (Wildman–Crippen LogP) is 1.95. The van der Waals surface area contributed by atoms with Gasteiger partial charge in [0, 0.05) is 58.6 Å². The third-order valence-corrected chi connectivity index (χ3v) is 9.09. The van der Waals surface area contributed by atoms with Gasteiger partial charge in [0.1, 0.15) is 5.82 Å². The quantitative estimate of drug-likeness (QED) is 0.687. The summed E-state index contributed by atoms with van der Waals surface area (Å²) in [5.74, 6) is 0.792. The lowest BCUT2D eigenvalue weighted by atomic mass is 9.96. The zero-order valence-corrected chi connectivity index (χ0v) is 19.3. The molecule has 1 aromatic rings. The third-order valence-electron chi connectivity index (χ3n) is 7.08. The Labute approximate surface area is 186 Å². The lowest BCUT2D eigenvalue weighted by Gasteiger charge is -2.40. The Bertz CT molecular complexity index is 836. The van der Waals surface area contributed by atoms with E-state index >= 15 is 0 Å². The number of anilines is 1. The number of piperidine rings is 1. The molecule has 1 amide bonds. The van der Waals surface area contributed by atoms with Crippen LogP contribution >= 0.6 is 0 Å². The van der Waals surface area contributed by atoms with E-state index in [1.54, 1.807) is 21.9 Å². The van der Waals surface area contributed by atoms with Crippen LogP contribution in [0.3, 0.4) is 0 Å². The van der Waals surface area contributed by atoms with Crippen molar-refractivity contribution in [2.24, 2.45) is 5.92 Å². The molecule has 1 saturated carbocycles. The largest absolute Gasteiger partial charge is 0.353 e. The van der Waals surface area contributed by atoms with Gasteiger partial charge < -0.3 is 9.80 Å². The van der Waals surface area contributed by atoms with Gasteiger partial charge in [0.2, 0.25) is 5.91 Å². The van der Waals surface area contributed by atoms with Crippen molar-refractivity contribution in [2.75, 3.05) is 51.2 Å². The van der Waals surface area contributed by atoms with Crippen molar-refractivity contribution in [3.63, 3.8) is 0 Å². The van der Waals surface area contributed by atoms with Crippen LogP contribution in [0, 0.1) is 5.92 Å². The van der Waals surface area contributed by atoms with Crippen LogP contribution in [-0.2, 0) is 15.0 Å². The first kappa shape index (κ1) is 22.5. The molecular weight excluding hydrogens is 414 g/mol. The second-order valence-corrected chi connectivity index (χ2v) is 11.0. The minimum atomic E-state index is -3.52. The van der Waals surface area contributed by atoms with Crippen molar-refractivity contribution in [3.05, 3.63) is 24.4 Å². The lowest BCUT2D eigenvalue weighted by Crippen LogP contribution is -2.55. The monoisotopic (exact) mass is 449 g/mol. The van der Waals surface area contributed by atoms with Gasteiger partial charge in [-0.05, 0) is 37.8 Å². The minimum absolute atomic E-state index is 0.0921. The molecule has 1 atom stereocenters. The van der Waals surface area contributed by atoms with E-state index in [0.717, 1.165) is 57.4 Å². The maximum atomic E-state index is 13.2. The summed E-state index contributed by atoms with van der Waals surface area (Å²) in [5.41, 5.74) is 0. The lowest BCUT2D eigenvalue weighted by molar-refractivity contribution is -0.137. The number of carbonyl (C=O) groups excluding carboxylic acids is 1. The van der Waals surface area contributed by atoms with Gasteiger partial charge in [-0.1, -0.05) is 25.3 Å². The summed E-state index contributed by atoms with van der Waals surface area (Å²) in [4.78, 5) is 21.7. The minimum Gasteiger partial charge on any atom is -0.353 e. The molecule has 2 saturated heterocycles. The Balaban J connectivity index is 1.34. The number of rotatable bonds is 5. The van der Waals surface area contributed by atoms with Crippen LogP contribution in [-0.4, -0.2) is 85.2 Å². The van der Waals surface area contributed by atoms with Crippen molar-refractivity contribution in [3.8, 4) is 0 Å². The maximum absolute atomic E-state index is 13.2. The molecule has 0 aromatic carbocycles. The average Bonchev–Trinajstić information content (AvgIpc) is 2.84. The van der Waals surface area contributed by atoms with E-state index < -0.39 is 10.2 Å². The molecule has 1 aromatic heterocycles. The fourth-order valence-corrected chi connectivity index (χ4v) is 6.80. The van der Waals surface area contributed by atoms with E-state index in [0.29, 0.717) is 26.2 Å². The van der Waals surface area contributed by atoms with Gasteiger partial charge >= 0.3 is 0 Å². The van der Waals surface area contributed by atoms with E-state index in [1.165, 1.54) is 6.42 Å². The van der Waals surface area contributed by atoms with Gasteiger partial charge in [-0.15, -0.1) is 0 Å². The van der Waals surface area contributed by atoms with E-state index in [9.17, 15) is 13.2 Å². The van der Waals surface area contributed by atoms with Gasteiger partial charge in [0.05, 0.1) is 5.92 Å². The van der Waals surface area contributed by atoms with E-state index in [2.05, 4.69) is 9.88 Å². The highest BCUT2D eigenvalue weighted by atomic mass is 32.2. The van der Waals surface area contributed by atoms with Gasteiger partial charge in [-0.2, -0.15) is 17.0 Å². The van der Waals surface area contributed by atoms with Crippen LogP contribution in [0.1, 0.15) is 44.9 Å². The number of pyridine rings is 1. The number of piperazine rings is 1. The fraction of sp³-hybridized carbons (Fsp3) is 0.727. The molecule has 3 fully saturated rings. The SMILES string of the molecule is CN(C1CCCCC1)S(=O)(=O)N1CCCC(C(=O)N2CCN(c3ccccn3)CC2)C1. The molecule has 0 bridgehead atoms. The zero-order valence-electron chi connectivity index (χ0n) is 18.5. The molecule has 0 radical (unpaired) electrons. The fourth-order valence-electron chi connectivity index (χ4n) is 5.12. The number of hydrogen-bond donors (Lipinski definition) is 0. The van der Waals surface area contributed by atoms with Gasteiger partial charge in [0.25, 0.3) is 10.2 Å². The van der Waals surface area contributed by atoms with Crippen LogP contribution in [0.25, 0.3) is 0 Å². The Morgan fingerprint density at radius 2 is 1.74 bits per heavy atom. The molecule has 4 rings (SSSR count). The molecule has 3 heterocycles. The van der Waals surface area contributed by atoms with Crippen molar-refractivity contribution in [1.29, 1.82) is 0 Å². The predicted molar refractivity (Wildman–Crippen MR) is 121 cm³/mol. The average molecular weight is 450 g/mol. The Morgan fingerprint density at radius 1 is 1.00 bits per heavy atom. The highest BCUT2D eigenvalue weighted by Gasteiger charge is 2.38. The van der Waals surface area contributed by atoms with Crippen molar-refractivity contribution >= 4 is 21.9 Å². The summed E-state index contributed by atoms with van der Waals surface area (Å²) < 4.78 is 29.6. The molecule has 1 unspecified atom stereocenters. The van der Waals surface area contributed by atoms with E-state index in [1.807, 2.05) is 23.1 Å². The third kappa shape index (κ3) is 5.04. The topological polar surface area (TPSA) is 77.1 Å². The van der Waals surface area contributed by atoms with Crippen LogP contribution < -0.4 is 4.90 Å². The Hall–Kier alpha value is -1.71. The second kappa shape index (κ2) is 9.83. The highest BCUT2D eigenvalue weighted by Crippen LogP contribution is 2.28. The number of aromatic nitrogens is 1. The highest BCUT2D eigenvalue weighted by molar-refractivity contribution is 7.86. The van der Waals surface area contributed by atoms with Gasteiger partial charge in [-0.3, -0.25) is 4.79 Å². The first-order valence-corrected chi connectivity index (χ1v) is 13.0. The van der Waals surface area contributed by atoms with Crippen molar-refractivity contribution in [2.45, 2.75) is 51.0 Å². The summed E-state index contributed by atoms with van der Waals surface area (Å²) in [6, 6.07) is 5.96. The maximum Gasteiger partial charge on any atom is 0.281 e. The standard InChI is InChI=1S/C22H35N5O3S/c1-24(20-9-3-2-4-10-20)31(29,30)27-13-7-8-19(18-27)22(28)26-16-14-25(15-17-26)21-11-5-6-12-23-21/h5-6,11-12,19-20H,2-4,7-10,13-18H2,1H3. The summed E-state index contributed by atoms with van der Waals surface area (Å²) in [7, 11) is -1.81. The Kier molecular flexibility index (Phi) is 7.13. The van der Waals surface area contributed by atoms with E-state index in [4.69, 9.17) is 0 Å². The second-order valence-electron chi connectivity index (χ2n) is 9.01. The summed E-state index contributed by atoms with van der Waals surface area (Å²) in [6.07, 6.45) is 8.54. The van der Waals surface area contributed by atoms with Crippen LogP contribution in [0.2, 0.25) is 0 Å². The Morgan fingerprint density at radius 3 is 2.42 bits per heavy atom. The number of amides is 1. The number of hydrogen-bond acceptors (Lipinski definition) is 5. The molecule has 2 aliphatic heterocycles. The van der Waals surface area contributed by atoms with Gasteiger partial charge in [0.15, 0.2) is 0 Å².